The summed E-state index contributed by atoms with van der Waals surface area (Å²) >= 11 is 3.39. The highest BCUT2D eigenvalue weighted by Gasteiger charge is 2.32. The second-order valence-corrected chi connectivity index (χ2v) is 11.1. The number of carbonyl (C=O) groups excluding carboxylic acids is 2. The lowest BCUT2D eigenvalue weighted by molar-refractivity contribution is -0.139. The number of nitrogens with one attached hydrogen (secondary N) is 1. The maximum absolute atomic E-state index is 13.5. The Kier molecular flexibility index (Phi) is 9.45. The van der Waals surface area contributed by atoms with E-state index in [9.17, 15) is 18.0 Å². The maximum Gasteiger partial charge on any atom is 0.304 e. The summed E-state index contributed by atoms with van der Waals surface area (Å²) < 4.78 is 29.1. The smallest absolute Gasteiger partial charge is 0.304 e. The van der Waals surface area contributed by atoms with Crippen molar-refractivity contribution < 1.29 is 18.0 Å². The van der Waals surface area contributed by atoms with Crippen LogP contribution in [-0.4, -0.2) is 62.2 Å². The number of rotatable bonds is 10. The molecule has 2 aromatic carbocycles. The van der Waals surface area contributed by atoms with Gasteiger partial charge in [-0.05, 0) is 50.6 Å². The fourth-order valence-electron chi connectivity index (χ4n) is 3.09. The lowest BCUT2D eigenvalue weighted by atomic mass is 10.1. The van der Waals surface area contributed by atoms with Crippen LogP contribution in [0.25, 0.3) is 0 Å². The molecule has 2 aromatic rings. The van der Waals surface area contributed by atoms with Crippen LogP contribution in [0.3, 0.4) is 0 Å². The van der Waals surface area contributed by atoms with Crippen molar-refractivity contribution in [3.8, 4) is 0 Å². The van der Waals surface area contributed by atoms with E-state index >= 15 is 0 Å². The third-order valence-electron chi connectivity index (χ3n) is 4.93. The molecule has 0 aliphatic carbocycles. The molecule has 0 radical (unpaired) electrons. The first-order chi connectivity index (χ1) is 15.4. The van der Waals surface area contributed by atoms with Crippen molar-refractivity contribution in [1.29, 1.82) is 0 Å². The van der Waals surface area contributed by atoms with Crippen LogP contribution in [0, 0.1) is 0 Å². The zero-order valence-corrected chi connectivity index (χ0v) is 21.9. The monoisotopic (exact) mass is 538 g/mol. The van der Waals surface area contributed by atoms with Crippen molar-refractivity contribution in [2.75, 3.05) is 24.9 Å². The molecule has 8 nitrogen and oxygen atoms in total. The molecule has 33 heavy (non-hydrogen) atoms. The average Bonchev–Trinajstić information content (AvgIpc) is 2.76. The summed E-state index contributed by atoms with van der Waals surface area (Å²) in [6.07, 6.45) is 0. The summed E-state index contributed by atoms with van der Waals surface area (Å²) in [6, 6.07) is 14.9. The van der Waals surface area contributed by atoms with E-state index in [-0.39, 0.29) is 18.5 Å². The highest BCUT2D eigenvalue weighted by Crippen LogP contribution is 2.21. The Bertz CT molecular complexity index is 1040. The van der Waals surface area contributed by atoms with Gasteiger partial charge in [0.05, 0.1) is 5.69 Å². The van der Waals surface area contributed by atoms with Crippen molar-refractivity contribution in [3.63, 3.8) is 0 Å². The summed E-state index contributed by atoms with van der Waals surface area (Å²) in [6.45, 7) is 5.03. The van der Waals surface area contributed by atoms with Crippen LogP contribution in [0.15, 0.2) is 59.1 Å². The van der Waals surface area contributed by atoms with Crippen LogP contribution in [0.1, 0.15) is 26.3 Å². The number of para-hydroxylation sites is 1. The van der Waals surface area contributed by atoms with Gasteiger partial charge in [0.25, 0.3) is 0 Å². The van der Waals surface area contributed by atoms with Crippen LogP contribution in [0.5, 0.6) is 0 Å². The SMILES string of the molecule is CC(C)NC(=O)[C@@H](C)N(Cc1ccc(Br)cc1)C(=O)CN(c1ccccc1)S(=O)(=O)N(C)C. The zero-order valence-electron chi connectivity index (χ0n) is 19.5. The van der Waals surface area contributed by atoms with E-state index in [4.69, 9.17) is 0 Å². The van der Waals surface area contributed by atoms with Crippen LogP contribution in [-0.2, 0) is 26.3 Å². The van der Waals surface area contributed by atoms with Crippen molar-refractivity contribution in [2.24, 2.45) is 0 Å². The Morgan fingerprint density at radius 2 is 1.55 bits per heavy atom. The number of halogens is 1. The third-order valence-corrected chi connectivity index (χ3v) is 7.28. The van der Waals surface area contributed by atoms with Crippen LogP contribution >= 0.6 is 15.9 Å². The van der Waals surface area contributed by atoms with E-state index in [2.05, 4.69) is 21.2 Å². The second kappa shape index (κ2) is 11.6. The molecule has 2 rings (SSSR count). The Balaban J connectivity index is 2.41. The maximum atomic E-state index is 13.5. The van der Waals surface area contributed by atoms with Gasteiger partial charge in [-0.25, -0.2) is 4.31 Å². The van der Waals surface area contributed by atoms with Crippen molar-refractivity contribution >= 4 is 43.6 Å². The number of carbonyl (C=O) groups is 2. The fraction of sp³-hybridized carbons (Fsp3) is 0.391. The Morgan fingerprint density at radius 3 is 2.06 bits per heavy atom. The van der Waals surface area contributed by atoms with Gasteiger partial charge in [0.2, 0.25) is 11.8 Å². The van der Waals surface area contributed by atoms with Gasteiger partial charge in [-0.15, -0.1) is 0 Å². The molecule has 0 saturated heterocycles. The van der Waals surface area contributed by atoms with Crippen LogP contribution < -0.4 is 9.62 Å². The number of anilines is 1. The molecule has 1 atom stereocenters. The van der Waals surface area contributed by atoms with Crippen molar-refractivity contribution in [1.82, 2.24) is 14.5 Å². The Morgan fingerprint density at radius 1 is 0.970 bits per heavy atom. The summed E-state index contributed by atoms with van der Waals surface area (Å²) in [7, 11) is -1.13. The summed E-state index contributed by atoms with van der Waals surface area (Å²) in [5.74, 6) is -0.796. The van der Waals surface area contributed by atoms with E-state index in [1.54, 1.807) is 37.3 Å². The normalized spacial score (nSPS) is 12.5. The first-order valence-corrected chi connectivity index (χ1v) is 12.7. The predicted molar refractivity (Wildman–Crippen MR) is 134 cm³/mol. The minimum atomic E-state index is -3.95. The minimum Gasteiger partial charge on any atom is -0.352 e. The van der Waals surface area contributed by atoms with E-state index in [0.717, 1.165) is 18.6 Å². The highest BCUT2D eigenvalue weighted by molar-refractivity contribution is 9.10. The highest BCUT2D eigenvalue weighted by atomic mass is 79.9. The molecule has 2 amide bonds. The van der Waals surface area contributed by atoms with Crippen LogP contribution in [0.2, 0.25) is 0 Å². The van der Waals surface area contributed by atoms with Gasteiger partial charge in [-0.1, -0.05) is 46.3 Å². The minimum absolute atomic E-state index is 0.0977. The van der Waals surface area contributed by atoms with E-state index in [1.165, 1.54) is 19.0 Å². The number of benzene rings is 2. The number of amides is 2. The lowest BCUT2D eigenvalue weighted by Crippen LogP contribution is -2.53. The van der Waals surface area contributed by atoms with Gasteiger partial charge in [-0.3, -0.25) is 9.59 Å². The fourth-order valence-corrected chi connectivity index (χ4v) is 4.41. The summed E-state index contributed by atoms with van der Waals surface area (Å²) in [5, 5.41) is 2.83. The molecule has 0 fully saturated rings. The molecule has 0 unspecified atom stereocenters. The summed E-state index contributed by atoms with van der Waals surface area (Å²) in [5.41, 5.74) is 1.18. The van der Waals surface area contributed by atoms with Gasteiger partial charge in [0.15, 0.2) is 0 Å². The zero-order chi connectivity index (χ0) is 24.8. The molecular formula is C23H31BrN4O4S. The average molecular weight is 539 g/mol. The predicted octanol–water partition coefficient (Wildman–Crippen LogP) is 3.00. The number of hydrogen-bond donors (Lipinski definition) is 1. The van der Waals surface area contributed by atoms with Gasteiger partial charge in [-0.2, -0.15) is 12.7 Å². The molecule has 1 N–H and O–H groups in total. The second-order valence-electron chi connectivity index (χ2n) is 8.12. The van der Waals surface area contributed by atoms with E-state index in [0.29, 0.717) is 5.69 Å². The molecule has 0 heterocycles. The Hall–Kier alpha value is -2.43. The largest absolute Gasteiger partial charge is 0.352 e. The van der Waals surface area contributed by atoms with Gasteiger partial charge in [0, 0.05) is 31.2 Å². The molecule has 0 aliphatic rings. The summed E-state index contributed by atoms with van der Waals surface area (Å²) in [4.78, 5) is 27.7. The molecule has 0 saturated carbocycles. The van der Waals surface area contributed by atoms with Gasteiger partial charge in [0.1, 0.15) is 12.6 Å². The topological polar surface area (TPSA) is 90.0 Å². The molecule has 10 heteroatoms. The van der Waals surface area contributed by atoms with Crippen molar-refractivity contribution in [2.45, 2.75) is 39.4 Å². The third kappa shape index (κ3) is 7.28. The Labute approximate surface area is 204 Å². The molecule has 0 aliphatic heterocycles. The first-order valence-electron chi connectivity index (χ1n) is 10.5. The molecular weight excluding hydrogens is 508 g/mol. The van der Waals surface area contributed by atoms with Crippen molar-refractivity contribution in [3.05, 3.63) is 64.6 Å². The number of hydrogen-bond acceptors (Lipinski definition) is 4. The lowest BCUT2D eigenvalue weighted by Gasteiger charge is -2.33. The quantitative estimate of drug-likeness (QED) is 0.503. The molecule has 0 aromatic heterocycles. The standard InChI is InChI=1S/C23H31BrN4O4S/c1-17(2)25-23(30)18(3)27(15-19-11-13-20(24)14-12-19)22(29)16-28(33(31,32)26(4)5)21-9-7-6-8-10-21/h6-14,17-18H,15-16H2,1-5H3,(H,25,30)/t18-/m1/s1. The van der Waals surface area contributed by atoms with Crippen LogP contribution in [0.4, 0.5) is 5.69 Å². The molecule has 0 bridgehead atoms. The molecule has 0 spiro atoms. The first kappa shape index (κ1) is 26.8. The van der Waals surface area contributed by atoms with Gasteiger partial charge < -0.3 is 10.2 Å². The molecule has 180 valence electrons. The van der Waals surface area contributed by atoms with E-state index in [1.807, 2.05) is 38.1 Å². The van der Waals surface area contributed by atoms with E-state index < -0.39 is 28.7 Å². The number of nitrogens with zero attached hydrogens (tertiary/aromatic N) is 3. The van der Waals surface area contributed by atoms with Gasteiger partial charge >= 0.3 is 10.2 Å².